The molecular weight excluding hydrogens is 422 g/mol. The molecule has 0 spiro atoms. The summed E-state index contributed by atoms with van der Waals surface area (Å²) in [7, 11) is 0. The SMILES string of the molecule is CC#C[C@H](C)Oc1cc(N)c(Cl)cc1C(=O)NC1C2CCC1CN(Cc1ccccc1)C2. The van der Waals surface area contributed by atoms with Crippen LogP contribution in [0.5, 0.6) is 5.75 Å². The van der Waals surface area contributed by atoms with Gasteiger partial charge in [0.2, 0.25) is 0 Å². The molecule has 2 aromatic carbocycles. The lowest BCUT2D eigenvalue weighted by molar-refractivity contribution is 0.0820. The largest absolute Gasteiger partial charge is 0.477 e. The molecule has 5 nitrogen and oxygen atoms in total. The van der Waals surface area contributed by atoms with Gasteiger partial charge in [0.25, 0.3) is 5.91 Å². The molecule has 1 aliphatic carbocycles. The molecule has 2 unspecified atom stereocenters. The van der Waals surface area contributed by atoms with Gasteiger partial charge in [-0.05, 0) is 50.2 Å². The Kier molecular flexibility index (Phi) is 6.93. The predicted molar refractivity (Wildman–Crippen MR) is 129 cm³/mol. The molecule has 6 heteroatoms. The van der Waals surface area contributed by atoms with E-state index in [0.29, 0.717) is 33.9 Å². The fraction of sp³-hybridized carbons (Fsp3) is 0.423. The number of benzene rings is 2. The number of halogens is 1. The van der Waals surface area contributed by atoms with E-state index in [9.17, 15) is 4.79 Å². The first-order valence-corrected chi connectivity index (χ1v) is 11.6. The zero-order valence-electron chi connectivity index (χ0n) is 18.6. The fourth-order valence-corrected chi connectivity index (χ4v) is 5.19. The van der Waals surface area contributed by atoms with Crippen LogP contribution in [0, 0.1) is 23.7 Å². The van der Waals surface area contributed by atoms with Gasteiger partial charge in [0.05, 0.1) is 16.3 Å². The second kappa shape index (κ2) is 9.85. The molecule has 4 rings (SSSR count). The van der Waals surface area contributed by atoms with Gasteiger partial charge in [0.15, 0.2) is 6.10 Å². The summed E-state index contributed by atoms with van der Waals surface area (Å²) in [6, 6.07) is 13.9. The van der Waals surface area contributed by atoms with Crippen LogP contribution in [0.1, 0.15) is 42.6 Å². The number of likely N-dealkylation sites (tertiary alicyclic amines) is 1. The first-order chi connectivity index (χ1) is 15.4. The number of ether oxygens (including phenoxy) is 1. The van der Waals surface area contributed by atoms with E-state index >= 15 is 0 Å². The molecule has 0 aromatic heterocycles. The molecule has 3 atom stereocenters. The molecule has 1 saturated carbocycles. The minimum atomic E-state index is -0.357. The minimum Gasteiger partial charge on any atom is -0.477 e. The Hall–Kier alpha value is -2.68. The number of piperidine rings is 1. The van der Waals surface area contributed by atoms with Crippen LogP contribution in [0.2, 0.25) is 5.02 Å². The summed E-state index contributed by atoms with van der Waals surface area (Å²) in [5.41, 5.74) is 8.08. The Morgan fingerprint density at radius 3 is 2.59 bits per heavy atom. The van der Waals surface area contributed by atoms with Crippen LogP contribution in [0.3, 0.4) is 0 Å². The molecule has 168 valence electrons. The Morgan fingerprint density at radius 1 is 1.25 bits per heavy atom. The average Bonchev–Trinajstić information content (AvgIpc) is 2.99. The van der Waals surface area contributed by atoms with Crippen molar-refractivity contribution in [3.63, 3.8) is 0 Å². The molecule has 1 amide bonds. The highest BCUT2D eigenvalue weighted by molar-refractivity contribution is 6.33. The third-order valence-corrected chi connectivity index (χ3v) is 6.78. The number of nitrogens with zero attached hydrogens (tertiary/aromatic N) is 1. The Balaban J connectivity index is 1.46. The van der Waals surface area contributed by atoms with Crippen LogP contribution in [0.15, 0.2) is 42.5 Å². The zero-order valence-corrected chi connectivity index (χ0v) is 19.4. The van der Waals surface area contributed by atoms with Crippen LogP contribution < -0.4 is 15.8 Å². The molecular formula is C26H30ClN3O2. The van der Waals surface area contributed by atoms with Crippen LogP contribution >= 0.6 is 11.6 Å². The molecule has 2 bridgehead atoms. The fourth-order valence-electron chi connectivity index (χ4n) is 5.02. The first kappa shape index (κ1) is 22.5. The average molecular weight is 452 g/mol. The van der Waals surface area contributed by atoms with Gasteiger partial charge < -0.3 is 15.8 Å². The van der Waals surface area contributed by atoms with Crippen molar-refractivity contribution in [1.82, 2.24) is 10.2 Å². The van der Waals surface area contributed by atoms with Crippen molar-refractivity contribution in [1.29, 1.82) is 0 Å². The third-order valence-electron chi connectivity index (χ3n) is 6.45. The van der Waals surface area contributed by atoms with Gasteiger partial charge in [-0.3, -0.25) is 9.69 Å². The van der Waals surface area contributed by atoms with Gasteiger partial charge in [0.1, 0.15) is 5.75 Å². The van der Waals surface area contributed by atoms with Crippen molar-refractivity contribution < 1.29 is 9.53 Å². The molecule has 1 heterocycles. The molecule has 2 aliphatic rings. The van der Waals surface area contributed by atoms with Crippen molar-refractivity contribution in [2.24, 2.45) is 11.8 Å². The predicted octanol–water partition coefficient (Wildman–Crippen LogP) is 4.35. The Morgan fingerprint density at radius 2 is 1.94 bits per heavy atom. The van der Waals surface area contributed by atoms with Gasteiger partial charge in [-0.2, -0.15) is 0 Å². The zero-order chi connectivity index (χ0) is 22.7. The van der Waals surface area contributed by atoms with Crippen LogP contribution in [-0.2, 0) is 6.54 Å². The molecule has 2 fully saturated rings. The van der Waals surface area contributed by atoms with Gasteiger partial charge in [0, 0.05) is 31.7 Å². The maximum atomic E-state index is 13.3. The standard InChI is InChI=1S/C26H30ClN3O2/c1-3-7-17(2)32-24-13-23(28)22(27)12-21(24)26(31)29-25-19-10-11-20(25)16-30(15-19)14-18-8-5-4-6-9-18/h4-6,8-9,12-13,17,19-20,25H,10-11,14-16,28H2,1-2H3,(H,29,31)/t17-,19?,20?,25?/m0/s1. The first-order valence-electron chi connectivity index (χ1n) is 11.2. The van der Waals surface area contributed by atoms with E-state index in [2.05, 4.69) is 46.3 Å². The molecule has 0 radical (unpaired) electrons. The van der Waals surface area contributed by atoms with Crippen molar-refractivity contribution in [2.45, 2.75) is 45.4 Å². The lowest BCUT2D eigenvalue weighted by Crippen LogP contribution is -2.52. The second-order valence-electron chi connectivity index (χ2n) is 8.80. The highest BCUT2D eigenvalue weighted by atomic mass is 35.5. The van der Waals surface area contributed by atoms with Crippen molar-refractivity contribution in [2.75, 3.05) is 18.8 Å². The van der Waals surface area contributed by atoms with Crippen LogP contribution in [-0.4, -0.2) is 36.0 Å². The lowest BCUT2D eigenvalue weighted by atomic mass is 9.91. The van der Waals surface area contributed by atoms with E-state index in [1.165, 1.54) is 5.56 Å². The molecule has 32 heavy (non-hydrogen) atoms. The lowest BCUT2D eigenvalue weighted by Gasteiger charge is -2.38. The van der Waals surface area contributed by atoms with Crippen molar-refractivity contribution >= 4 is 23.2 Å². The normalized spacial score (nSPS) is 23.2. The van der Waals surface area contributed by atoms with E-state index in [4.69, 9.17) is 22.1 Å². The van der Waals surface area contributed by atoms with Crippen molar-refractivity contribution in [3.8, 4) is 17.6 Å². The Labute approximate surface area is 195 Å². The Bertz CT molecular complexity index is 1020. The van der Waals surface area contributed by atoms with E-state index in [1.807, 2.05) is 13.0 Å². The molecule has 3 N–H and O–H groups in total. The topological polar surface area (TPSA) is 67.6 Å². The number of amides is 1. The van der Waals surface area contributed by atoms with Crippen LogP contribution in [0.4, 0.5) is 5.69 Å². The van der Waals surface area contributed by atoms with E-state index < -0.39 is 0 Å². The molecule has 1 aliphatic heterocycles. The smallest absolute Gasteiger partial charge is 0.255 e. The summed E-state index contributed by atoms with van der Waals surface area (Å²) in [6.45, 7) is 6.53. The number of nitrogens with one attached hydrogen (secondary N) is 1. The second-order valence-corrected chi connectivity index (χ2v) is 9.21. The molecule has 2 aromatic rings. The minimum absolute atomic E-state index is 0.159. The highest BCUT2D eigenvalue weighted by Gasteiger charge is 2.42. The summed E-state index contributed by atoms with van der Waals surface area (Å²) in [4.78, 5) is 15.8. The van der Waals surface area contributed by atoms with Gasteiger partial charge in [-0.15, -0.1) is 5.92 Å². The summed E-state index contributed by atoms with van der Waals surface area (Å²) < 4.78 is 5.90. The van der Waals surface area contributed by atoms with Gasteiger partial charge in [-0.1, -0.05) is 47.9 Å². The van der Waals surface area contributed by atoms with Crippen molar-refractivity contribution in [3.05, 3.63) is 58.6 Å². The van der Waals surface area contributed by atoms with Gasteiger partial charge >= 0.3 is 0 Å². The van der Waals surface area contributed by atoms with Gasteiger partial charge in [-0.25, -0.2) is 0 Å². The number of fused-ring (bicyclic) bond motifs is 2. The summed E-state index contributed by atoms with van der Waals surface area (Å²) >= 11 is 6.24. The number of nitrogens with two attached hydrogens (primary N) is 1. The number of anilines is 1. The maximum absolute atomic E-state index is 13.3. The third kappa shape index (κ3) is 5.03. The monoisotopic (exact) mass is 451 g/mol. The number of carbonyl (C=O) groups is 1. The number of carbonyl (C=O) groups excluding carboxylic acids is 1. The molecule has 1 saturated heterocycles. The van der Waals surface area contributed by atoms with E-state index in [1.54, 1.807) is 19.1 Å². The van der Waals surface area contributed by atoms with E-state index in [-0.39, 0.29) is 18.1 Å². The summed E-state index contributed by atoms with van der Waals surface area (Å²) in [5.74, 6) is 6.90. The maximum Gasteiger partial charge on any atom is 0.255 e. The summed E-state index contributed by atoms with van der Waals surface area (Å²) in [5, 5.41) is 3.64. The van der Waals surface area contributed by atoms with Crippen LogP contribution in [0.25, 0.3) is 0 Å². The number of rotatable bonds is 6. The number of hydrogen-bond acceptors (Lipinski definition) is 4. The quantitative estimate of drug-likeness (QED) is 0.506. The van der Waals surface area contributed by atoms with E-state index in [0.717, 1.165) is 32.5 Å². The summed E-state index contributed by atoms with van der Waals surface area (Å²) in [6.07, 6.45) is 1.91. The highest BCUT2D eigenvalue weighted by Crippen LogP contribution is 2.38. The number of hydrogen-bond donors (Lipinski definition) is 2. The number of nitrogen functional groups attached to an aromatic ring is 1.